The second-order valence-corrected chi connectivity index (χ2v) is 14.6. The number of rotatable bonds is 12. The molecule has 41 heavy (non-hydrogen) atoms. The maximum absolute atomic E-state index is 11.5. The number of thiophene rings is 1. The molecule has 0 bridgehead atoms. The van der Waals surface area contributed by atoms with Crippen LogP contribution < -0.4 is 0 Å². The number of aliphatic hydroxyl groups is 1. The number of aryl methyl sites for hydroxylation is 1. The molecule has 1 atom stereocenters. The highest BCUT2D eigenvalue weighted by atomic mass is 35.5. The molecule has 214 valence electrons. The number of fused-ring (bicyclic) bond motifs is 1. The summed E-state index contributed by atoms with van der Waals surface area (Å²) in [5.41, 5.74) is 4.87. The van der Waals surface area contributed by atoms with Gasteiger partial charge in [0.25, 0.3) is 0 Å². The van der Waals surface area contributed by atoms with Gasteiger partial charge in [-0.2, -0.15) is 11.8 Å². The van der Waals surface area contributed by atoms with Gasteiger partial charge in [-0.25, -0.2) is 4.98 Å². The third-order valence-corrected chi connectivity index (χ3v) is 11.2. The van der Waals surface area contributed by atoms with Crippen LogP contribution in [-0.4, -0.2) is 26.9 Å². The van der Waals surface area contributed by atoms with E-state index in [4.69, 9.17) is 23.2 Å². The number of thioether (sulfide) groups is 1. The van der Waals surface area contributed by atoms with Crippen LogP contribution >= 0.6 is 46.3 Å². The molecule has 4 aromatic rings. The van der Waals surface area contributed by atoms with E-state index in [1.165, 1.54) is 16.9 Å². The van der Waals surface area contributed by atoms with Gasteiger partial charge in [0, 0.05) is 11.0 Å². The average molecular weight is 627 g/mol. The zero-order valence-electron chi connectivity index (χ0n) is 23.1. The molecule has 0 spiro atoms. The van der Waals surface area contributed by atoms with Crippen molar-refractivity contribution in [3.05, 3.63) is 98.0 Å². The number of halogens is 2. The SMILES string of the molecule is CC(C)(O)c1ccccc1CC[C@@H](SCC1(CC(=O)O)CC1)c1cccc(C=Cc2ccc3sc(Cl)c(Cl)c3n2)c1. The van der Waals surface area contributed by atoms with E-state index in [-0.39, 0.29) is 17.1 Å². The molecule has 1 aliphatic carbocycles. The topological polar surface area (TPSA) is 70.4 Å². The van der Waals surface area contributed by atoms with Gasteiger partial charge >= 0.3 is 5.97 Å². The molecule has 2 aromatic heterocycles. The number of aromatic nitrogens is 1. The van der Waals surface area contributed by atoms with E-state index < -0.39 is 11.6 Å². The Balaban J connectivity index is 1.38. The fourth-order valence-corrected chi connectivity index (χ4v) is 8.17. The molecule has 0 amide bonds. The molecular formula is C33H33Cl2NO3S2. The molecule has 0 radical (unpaired) electrons. The summed E-state index contributed by atoms with van der Waals surface area (Å²) in [6.07, 6.45) is 7.90. The fourth-order valence-electron chi connectivity index (χ4n) is 5.19. The summed E-state index contributed by atoms with van der Waals surface area (Å²) in [7, 11) is 0. The second-order valence-electron chi connectivity index (χ2n) is 11.4. The van der Waals surface area contributed by atoms with Gasteiger partial charge in [-0.1, -0.05) is 77.8 Å². The standard InChI is InChI=1S/C33H33Cl2NO3S2/c1-32(2,39)25-9-4-3-7-22(25)11-14-26(40-20-33(16-17-33)19-28(37)38)23-8-5-6-21(18-23)10-12-24-13-15-27-30(36-24)29(34)31(35)41-27/h3-10,12-13,15,18,26,39H,11,14,16-17,19-20H2,1-2H3,(H,37,38)/t26-/m1/s1. The van der Waals surface area contributed by atoms with E-state index in [1.54, 1.807) is 0 Å². The van der Waals surface area contributed by atoms with Crippen molar-refractivity contribution in [2.45, 2.75) is 56.8 Å². The molecule has 0 saturated heterocycles. The van der Waals surface area contributed by atoms with Crippen molar-refractivity contribution in [2.75, 3.05) is 5.75 Å². The monoisotopic (exact) mass is 625 g/mol. The van der Waals surface area contributed by atoms with Crippen molar-refractivity contribution in [1.29, 1.82) is 0 Å². The van der Waals surface area contributed by atoms with Gasteiger partial charge in [0.15, 0.2) is 0 Å². The van der Waals surface area contributed by atoms with E-state index in [0.29, 0.717) is 9.36 Å². The van der Waals surface area contributed by atoms with Crippen molar-refractivity contribution in [1.82, 2.24) is 4.98 Å². The van der Waals surface area contributed by atoms with Crippen LogP contribution in [0.25, 0.3) is 22.4 Å². The molecule has 0 aliphatic heterocycles. The predicted molar refractivity (Wildman–Crippen MR) is 174 cm³/mol. The van der Waals surface area contributed by atoms with E-state index in [1.807, 2.05) is 62.0 Å². The van der Waals surface area contributed by atoms with Crippen molar-refractivity contribution in [3.63, 3.8) is 0 Å². The van der Waals surface area contributed by atoms with Crippen LogP contribution in [0.3, 0.4) is 0 Å². The van der Waals surface area contributed by atoms with E-state index in [9.17, 15) is 15.0 Å². The maximum Gasteiger partial charge on any atom is 0.303 e. The summed E-state index contributed by atoms with van der Waals surface area (Å²) in [5, 5.41) is 20.8. The van der Waals surface area contributed by atoms with Crippen molar-refractivity contribution < 1.29 is 15.0 Å². The summed E-state index contributed by atoms with van der Waals surface area (Å²) < 4.78 is 1.51. The Hall–Kier alpha value is -2.35. The molecule has 1 fully saturated rings. The van der Waals surface area contributed by atoms with Crippen LogP contribution in [0.1, 0.15) is 72.7 Å². The van der Waals surface area contributed by atoms with Crippen LogP contribution in [0.4, 0.5) is 0 Å². The Morgan fingerprint density at radius 1 is 1.12 bits per heavy atom. The number of carboxylic acids is 1. The molecular weight excluding hydrogens is 593 g/mol. The van der Waals surface area contributed by atoms with Crippen LogP contribution in [0.15, 0.2) is 60.7 Å². The molecule has 1 saturated carbocycles. The molecule has 1 aliphatic rings. The quantitative estimate of drug-likeness (QED) is 0.164. The lowest BCUT2D eigenvalue weighted by Gasteiger charge is -2.24. The summed E-state index contributed by atoms with van der Waals surface area (Å²) in [6.45, 7) is 3.65. The Morgan fingerprint density at radius 3 is 2.63 bits per heavy atom. The van der Waals surface area contributed by atoms with E-state index >= 15 is 0 Å². The first kappa shape index (κ1) is 30.1. The number of nitrogens with zero attached hydrogens (tertiary/aromatic N) is 1. The van der Waals surface area contributed by atoms with Crippen LogP contribution in [0.2, 0.25) is 9.36 Å². The predicted octanol–water partition coefficient (Wildman–Crippen LogP) is 9.66. The van der Waals surface area contributed by atoms with Gasteiger partial charge in [0.05, 0.1) is 27.4 Å². The number of carbonyl (C=O) groups is 1. The van der Waals surface area contributed by atoms with Crippen LogP contribution in [-0.2, 0) is 16.8 Å². The maximum atomic E-state index is 11.5. The van der Waals surface area contributed by atoms with Gasteiger partial charge < -0.3 is 10.2 Å². The lowest BCUT2D eigenvalue weighted by molar-refractivity contribution is -0.138. The zero-order chi connectivity index (χ0) is 29.2. The smallest absolute Gasteiger partial charge is 0.303 e. The van der Waals surface area contributed by atoms with Gasteiger partial charge in [-0.3, -0.25) is 4.79 Å². The highest BCUT2D eigenvalue weighted by molar-refractivity contribution is 7.99. The minimum absolute atomic E-state index is 0.0899. The van der Waals surface area contributed by atoms with Gasteiger partial charge in [0.1, 0.15) is 9.85 Å². The molecule has 4 nitrogen and oxygen atoms in total. The number of hydrogen-bond acceptors (Lipinski definition) is 5. The van der Waals surface area contributed by atoms with Crippen LogP contribution in [0, 0.1) is 5.41 Å². The lowest BCUT2D eigenvalue weighted by atomic mass is 9.90. The fraction of sp³-hybridized carbons (Fsp3) is 0.333. The first-order chi connectivity index (χ1) is 19.5. The Bertz CT molecular complexity index is 1590. The third kappa shape index (κ3) is 7.54. The summed E-state index contributed by atoms with van der Waals surface area (Å²) >= 11 is 15.8. The number of pyridine rings is 1. The largest absolute Gasteiger partial charge is 0.481 e. The molecule has 2 aromatic carbocycles. The number of benzene rings is 2. The normalized spacial score (nSPS) is 15.4. The summed E-state index contributed by atoms with van der Waals surface area (Å²) in [6, 6.07) is 20.5. The first-order valence-electron chi connectivity index (χ1n) is 13.7. The zero-order valence-corrected chi connectivity index (χ0v) is 26.2. The second kappa shape index (κ2) is 12.5. The molecule has 2 heterocycles. The average Bonchev–Trinajstić information content (AvgIpc) is 3.63. The van der Waals surface area contributed by atoms with Crippen LogP contribution in [0.5, 0.6) is 0 Å². The lowest BCUT2D eigenvalue weighted by Crippen LogP contribution is -2.18. The van der Waals surface area contributed by atoms with E-state index in [0.717, 1.165) is 64.0 Å². The third-order valence-electron chi connectivity index (χ3n) is 7.62. The first-order valence-corrected chi connectivity index (χ1v) is 16.3. The number of hydrogen-bond donors (Lipinski definition) is 2. The molecule has 5 rings (SSSR count). The Kier molecular flexibility index (Phi) is 9.17. The highest BCUT2D eigenvalue weighted by Crippen LogP contribution is 2.53. The highest BCUT2D eigenvalue weighted by Gasteiger charge is 2.44. The Labute approximate surface area is 259 Å². The minimum Gasteiger partial charge on any atom is -0.481 e. The summed E-state index contributed by atoms with van der Waals surface area (Å²) in [5.74, 6) is 0.106. The van der Waals surface area contributed by atoms with Crippen molar-refractivity contribution >= 4 is 74.6 Å². The van der Waals surface area contributed by atoms with Crippen molar-refractivity contribution in [2.24, 2.45) is 5.41 Å². The molecule has 0 unspecified atom stereocenters. The van der Waals surface area contributed by atoms with Crippen molar-refractivity contribution in [3.8, 4) is 0 Å². The molecule has 8 heteroatoms. The number of aliphatic carboxylic acids is 1. The van der Waals surface area contributed by atoms with Gasteiger partial charge in [0.2, 0.25) is 0 Å². The summed E-state index contributed by atoms with van der Waals surface area (Å²) in [4.78, 5) is 16.2. The van der Waals surface area contributed by atoms with Gasteiger partial charge in [-0.15, -0.1) is 11.3 Å². The Morgan fingerprint density at radius 2 is 1.90 bits per heavy atom. The van der Waals surface area contributed by atoms with Gasteiger partial charge in [-0.05, 0) is 85.4 Å². The minimum atomic E-state index is -0.918. The molecule has 2 N–H and O–H groups in total. The van der Waals surface area contributed by atoms with E-state index in [2.05, 4.69) is 41.4 Å². The number of carboxylic acid groups (broad SMARTS) is 1.